The Kier molecular flexibility index (Phi) is 2.72. The van der Waals surface area contributed by atoms with Crippen molar-refractivity contribution in [1.29, 1.82) is 0 Å². The molecule has 6 heteroatoms. The molecule has 16 heavy (non-hydrogen) atoms. The van der Waals surface area contributed by atoms with E-state index in [2.05, 4.69) is 15.2 Å². The van der Waals surface area contributed by atoms with E-state index >= 15 is 0 Å². The molecule has 0 saturated carbocycles. The summed E-state index contributed by atoms with van der Waals surface area (Å²) in [7, 11) is 0. The molecular weight excluding hydrogens is 210 g/mol. The highest BCUT2D eigenvalue weighted by atomic mass is 16.5. The second-order valence-electron chi connectivity index (χ2n) is 3.12. The molecule has 0 atom stereocenters. The average molecular weight is 221 g/mol. The Bertz CT molecular complexity index is 501. The number of nitrogens with one attached hydrogen (secondary N) is 1. The van der Waals surface area contributed by atoms with Crippen LogP contribution in [0.15, 0.2) is 16.7 Å². The number of aromatic amines is 1. The number of rotatable bonds is 3. The summed E-state index contributed by atoms with van der Waals surface area (Å²) in [5.74, 6) is 0.712. The van der Waals surface area contributed by atoms with Crippen LogP contribution in [0.25, 0.3) is 11.4 Å². The number of nitrogens with zero attached hydrogens (tertiary/aromatic N) is 2. The predicted molar refractivity (Wildman–Crippen MR) is 54.8 cm³/mol. The van der Waals surface area contributed by atoms with E-state index < -0.39 is 5.97 Å². The summed E-state index contributed by atoms with van der Waals surface area (Å²) < 4.78 is 9.92. The van der Waals surface area contributed by atoms with E-state index in [9.17, 15) is 4.79 Å². The van der Waals surface area contributed by atoms with E-state index in [-0.39, 0.29) is 5.82 Å². The van der Waals surface area contributed by atoms with Crippen molar-refractivity contribution in [1.82, 2.24) is 15.2 Å². The first kappa shape index (κ1) is 10.4. The Balaban J connectivity index is 2.26. The van der Waals surface area contributed by atoms with Gasteiger partial charge in [0, 0.05) is 0 Å². The van der Waals surface area contributed by atoms with Gasteiger partial charge in [0.05, 0.1) is 18.4 Å². The zero-order valence-corrected chi connectivity index (χ0v) is 8.98. The highest BCUT2D eigenvalue weighted by Crippen LogP contribution is 2.20. The zero-order chi connectivity index (χ0) is 11.5. The number of hydrogen-bond acceptors (Lipinski definition) is 5. The molecule has 0 aliphatic carbocycles. The molecule has 0 fully saturated rings. The van der Waals surface area contributed by atoms with Crippen LogP contribution in [-0.4, -0.2) is 27.8 Å². The fraction of sp³-hybridized carbons (Fsp3) is 0.300. The third-order valence-corrected chi connectivity index (χ3v) is 2.05. The number of carbonyl (C=O) groups excluding carboxylic acids is 1. The van der Waals surface area contributed by atoms with Crippen LogP contribution in [-0.2, 0) is 4.74 Å². The van der Waals surface area contributed by atoms with Crippen LogP contribution in [0, 0.1) is 6.92 Å². The Morgan fingerprint density at radius 2 is 2.44 bits per heavy atom. The summed E-state index contributed by atoms with van der Waals surface area (Å²) in [6, 6.07) is 1.74. The van der Waals surface area contributed by atoms with E-state index in [0.717, 1.165) is 5.56 Å². The van der Waals surface area contributed by atoms with Crippen LogP contribution < -0.4 is 0 Å². The minimum atomic E-state index is -0.512. The maximum Gasteiger partial charge on any atom is 0.375 e. The molecule has 0 amide bonds. The van der Waals surface area contributed by atoms with Crippen LogP contribution in [0.5, 0.6) is 0 Å². The van der Waals surface area contributed by atoms with E-state index in [1.54, 1.807) is 26.2 Å². The molecule has 0 aromatic carbocycles. The number of hydrogen-bond donors (Lipinski definition) is 1. The summed E-state index contributed by atoms with van der Waals surface area (Å²) >= 11 is 0. The van der Waals surface area contributed by atoms with Crippen molar-refractivity contribution in [3.05, 3.63) is 23.9 Å². The minimum Gasteiger partial charge on any atom is -0.469 e. The van der Waals surface area contributed by atoms with Crippen LogP contribution in [0.4, 0.5) is 0 Å². The summed E-state index contributed by atoms with van der Waals surface area (Å²) in [4.78, 5) is 15.4. The molecule has 2 heterocycles. The molecule has 0 saturated heterocycles. The SMILES string of the molecule is CCOC(=O)c1nc(-c2ccoc2C)n[nH]1. The van der Waals surface area contributed by atoms with Crippen molar-refractivity contribution < 1.29 is 13.9 Å². The molecule has 2 rings (SSSR count). The van der Waals surface area contributed by atoms with Crippen LogP contribution in [0.1, 0.15) is 23.3 Å². The molecule has 1 N–H and O–H groups in total. The first-order chi connectivity index (χ1) is 7.72. The van der Waals surface area contributed by atoms with E-state index in [0.29, 0.717) is 18.2 Å². The molecule has 2 aromatic rings. The Hall–Kier alpha value is -2.11. The van der Waals surface area contributed by atoms with E-state index in [1.165, 1.54) is 0 Å². The first-order valence-corrected chi connectivity index (χ1v) is 4.86. The standard InChI is InChI=1S/C10H11N3O3/c1-3-15-10(14)9-11-8(12-13-9)7-4-5-16-6(7)2/h4-5H,3H2,1-2H3,(H,11,12,13). The number of ether oxygens (including phenoxy) is 1. The van der Waals surface area contributed by atoms with Gasteiger partial charge in [0.25, 0.3) is 0 Å². The van der Waals surface area contributed by atoms with Gasteiger partial charge in [-0.3, -0.25) is 5.10 Å². The van der Waals surface area contributed by atoms with Crippen molar-refractivity contribution in [3.8, 4) is 11.4 Å². The monoisotopic (exact) mass is 221 g/mol. The van der Waals surface area contributed by atoms with Gasteiger partial charge in [-0.25, -0.2) is 9.78 Å². The quantitative estimate of drug-likeness (QED) is 0.795. The predicted octanol–water partition coefficient (Wildman–Crippen LogP) is 1.55. The van der Waals surface area contributed by atoms with Crippen LogP contribution in [0.2, 0.25) is 0 Å². The fourth-order valence-corrected chi connectivity index (χ4v) is 1.29. The highest BCUT2D eigenvalue weighted by molar-refractivity contribution is 5.85. The topological polar surface area (TPSA) is 81.0 Å². The molecule has 84 valence electrons. The van der Waals surface area contributed by atoms with Crippen molar-refractivity contribution in [2.45, 2.75) is 13.8 Å². The third-order valence-electron chi connectivity index (χ3n) is 2.05. The second-order valence-corrected chi connectivity index (χ2v) is 3.12. The lowest BCUT2D eigenvalue weighted by Gasteiger charge is -1.95. The summed E-state index contributed by atoms with van der Waals surface area (Å²) in [6.07, 6.45) is 1.55. The minimum absolute atomic E-state index is 0.0949. The number of aromatic nitrogens is 3. The number of aryl methyl sites for hydroxylation is 1. The molecule has 0 aliphatic rings. The van der Waals surface area contributed by atoms with Gasteiger partial charge < -0.3 is 9.15 Å². The van der Waals surface area contributed by atoms with Crippen LogP contribution in [0.3, 0.4) is 0 Å². The number of carbonyl (C=O) groups is 1. The van der Waals surface area contributed by atoms with Crippen molar-refractivity contribution in [2.75, 3.05) is 6.61 Å². The maximum absolute atomic E-state index is 11.3. The van der Waals surface area contributed by atoms with Gasteiger partial charge in [-0.15, -0.1) is 0 Å². The van der Waals surface area contributed by atoms with Crippen molar-refractivity contribution in [2.24, 2.45) is 0 Å². The molecule has 0 aliphatic heterocycles. The zero-order valence-electron chi connectivity index (χ0n) is 8.98. The lowest BCUT2D eigenvalue weighted by Crippen LogP contribution is -2.06. The largest absolute Gasteiger partial charge is 0.469 e. The Morgan fingerprint density at radius 1 is 1.62 bits per heavy atom. The van der Waals surface area contributed by atoms with Crippen molar-refractivity contribution in [3.63, 3.8) is 0 Å². The normalized spacial score (nSPS) is 10.4. The molecule has 2 aromatic heterocycles. The Labute approximate surface area is 91.6 Å². The smallest absolute Gasteiger partial charge is 0.375 e. The first-order valence-electron chi connectivity index (χ1n) is 4.86. The highest BCUT2D eigenvalue weighted by Gasteiger charge is 2.15. The molecular formula is C10H11N3O3. The third kappa shape index (κ3) is 1.81. The molecule has 0 spiro atoms. The summed E-state index contributed by atoms with van der Waals surface area (Å²) in [6.45, 7) is 3.84. The van der Waals surface area contributed by atoms with Gasteiger partial charge in [0.2, 0.25) is 5.82 Å². The average Bonchev–Trinajstić information content (AvgIpc) is 2.86. The molecule has 0 unspecified atom stereocenters. The lowest BCUT2D eigenvalue weighted by atomic mass is 10.2. The summed E-state index contributed by atoms with van der Waals surface area (Å²) in [5.41, 5.74) is 0.756. The number of esters is 1. The molecule has 0 radical (unpaired) electrons. The van der Waals surface area contributed by atoms with E-state index in [1.807, 2.05) is 0 Å². The number of furan rings is 1. The Morgan fingerprint density at radius 3 is 3.06 bits per heavy atom. The van der Waals surface area contributed by atoms with E-state index in [4.69, 9.17) is 9.15 Å². The number of H-pyrrole nitrogens is 1. The second kappa shape index (κ2) is 4.18. The van der Waals surface area contributed by atoms with Gasteiger partial charge in [0.15, 0.2) is 5.82 Å². The van der Waals surface area contributed by atoms with Gasteiger partial charge in [-0.1, -0.05) is 0 Å². The maximum atomic E-state index is 11.3. The molecule has 6 nitrogen and oxygen atoms in total. The molecule has 0 bridgehead atoms. The lowest BCUT2D eigenvalue weighted by molar-refractivity contribution is 0.0512. The van der Waals surface area contributed by atoms with Gasteiger partial charge in [-0.2, -0.15) is 5.10 Å². The van der Waals surface area contributed by atoms with Crippen molar-refractivity contribution >= 4 is 5.97 Å². The van der Waals surface area contributed by atoms with Crippen LogP contribution >= 0.6 is 0 Å². The summed E-state index contributed by atoms with van der Waals surface area (Å²) in [5, 5.41) is 6.45. The fourth-order valence-electron chi connectivity index (χ4n) is 1.29. The van der Waals surface area contributed by atoms with Gasteiger partial charge >= 0.3 is 5.97 Å². The van der Waals surface area contributed by atoms with Gasteiger partial charge in [0.1, 0.15) is 5.76 Å². The van der Waals surface area contributed by atoms with Gasteiger partial charge in [-0.05, 0) is 19.9 Å².